The molecule has 138 valence electrons. The Kier molecular flexibility index (Phi) is 3.61. The number of ether oxygens (including phenoxy) is 1. The Morgan fingerprint density at radius 3 is 2.71 bits per heavy atom. The van der Waals surface area contributed by atoms with Crippen LogP contribution in [-0.4, -0.2) is 36.1 Å². The van der Waals surface area contributed by atoms with E-state index in [9.17, 15) is 0 Å². The van der Waals surface area contributed by atoms with Gasteiger partial charge in [0.15, 0.2) is 11.5 Å². The summed E-state index contributed by atoms with van der Waals surface area (Å²) < 4.78 is 9.28. The molecule has 0 unspecified atom stereocenters. The van der Waals surface area contributed by atoms with Gasteiger partial charge in [0.25, 0.3) is 0 Å². The van der Waals surface area contributed by atoms with Crippen LogP contribution in [0.3, 0.4) is 0 Å². The summed E-state index contributed by atoms with van der Waals surface area (Å²) in [4.78, 5) is 13.8. The summed E-state index contributed by atoms with van der Waals surface area (Å²) in [7, 11) is 1.67. The molecule has 0 amide bonds. The minimum absolute atomic E-state index is 0.656. The molecule has 0 aliphatic rings. The highest BCUT2D eigenvalue weighted by Crippen LogP contribution is 2.29. The number of rotatable bonds is 3. The van der Waals surface area contributed by atoms with E-state index in [-0.39, 0.29) is 0 Å². The van der Waals surface area contributed by atoms with Crippen LogP contribution in [0.2, 0.25) is 0 Å². The van der Waals surface area contributed by atoms with Crippen LogP contribution in [0.4, 0.5) is 0 Å². The van der Waals surface area contributed by atoms with Crippen molar-refractivity contribution in [1.82, 2.24) is 29.0 Å². The summed E-state index contributed by atoms with van der Waals surface area (Å²) in [5.41, 5.74) is 6.11. The number of aromatic nitrogens is 6. The third-order valence-electron chi connectivity index (χ3n) is 4.81. The van der Waals surface area contributed by atoms with Crippen molar-refractivity contribution >= 4 is 11.3 Å². The van der Waals surface area contributed by atoms with Gasteiger partial charge in [-0.1, -0.05) is 12.1 Å². The maximum atomic E-state index is 5.47. The van der Waals surface area contributed by atoms with E-state index in [1.165, 1.54) is 0 Å². The van der Waals surface area contributed by atoms with Crippen molar-refractivity contribution < 1.29 is 4.74 Å². The van der Waals surface area contributed by atoms with Gasteiger partial charge in [0.2, 0.25) is 0 Å². The normalized spacial score (nSPS) is 11.4. The topological polar surface area (TPSA) is 69.6 Å². The Bertz CT molecular complexity index is 1290. The van der Waals surface area contributed by atoms with Gasteiger partial charge in [-0.3, -0.25) is 4.98 Å². The highest BCUT2D eigenvalue weighted by Gasteiger charge is 2.13. The summed E-state index contributed by atoms with van der Waals surface area (Å²) in [6, 6.07) is 11.9. The molecular weight excluding hydrogens is 352 g/mol. The van der Waals surface area contributed by atoms with Crippen molar-refractivity contribution in [2.24, 2.45) is 0 Å². The molecule has 5 aromatic rings. The zero-order valence-electron chi connectivity index (χ0n) is 15.8. The lowest BCUT2D eigenvalue weighted by Crippen LogP contribution is -1.97. The largest absolute Gasteiger partial charge is 0.496 e. The number of hydrogen-bond acceptors (Lipinski definition) is 5. The molecule has 4 heterocycles. The van der Waals surface area contributed by atoms with Gasteiger partial charge in [0.1, 0.15) is 11.4 Å². The SMILES string of the molecule is COc1ccccc1-c1cn2ccc(-c3nc4c(C)ncc(C)n4n3)cc2n1. The van der Waals surface area contributed by atoms with Crippen LogP contribution >= 0.6 is 0 Å². The molecule has 7 nitrogen and oxygen atoms in total. The second kappa shape index (κ2) is 6.16. The summed E-state index contributed by atoms with van der Waals surface area (Å²) in [5.74, 6) is 1.45. The monoisotopic (exact) mass is 370 g/mol. The number of aryl methyl sites for hydroxylation is 2. The smallest absolute Gasteiger partial charge is 0.182 e. The van der Waals surface area contributed by atoms with Gasteiger partial charge in [-0.2, -0.15) is 0 Å². The molecule has 7 heteroatoms. The first-order valence-corrected chi connectivity index (χ1v) is 8.95. The lowest BCUT2D eigenvalue weighted by molar-refractivity contribution is 0.416. The third-order valence-corrected chi connectivity index (χ3v) is 4.81. The molecule has 1 aromatic carbocycles. The summed E-state index contributed by atoms with van der Waals surface area (Å²) in [5, 5.41) is 4.65. The quantitative estimate of drug-likeness (QED) is 0.484. The van der Waals surface area contributed by atoms with E-state index in [1.54, 1.807) is 13.3 Å². The van der Waals surface area contributed by atoms with Gasteiger partial charge >= 0.3 is 0 Å². The lowest BCUT2D eigenvalue weighted by Gasteiger charge is -2.04. The summed E-state index contributed by atoms with van der Waals surface area (Å²) in [6.07, 6.45) is 5.77. The van der Waals surface area contributed by atoms with E-state index in [0.717, 1.165) is 45.3 Å². The average Bonchev–Trinajstić information content (AvgIpc) is 3.35. The van der Waals surface area contributed by atoms with Crippen molar-refractivity contribution in [2.45, 2.75) is 13.8 Å². The zero-order chi connectivity index (χ0) is 19.3. The molecule has 0 radical (unpaired) electrons. The molecular formula is C21H18N6O. The number of benzene rings is 1. The highest BCUT2D eigenvalue weighted by molar-refractivity contribution is 5.71. The van der Waals surface area contributed by atoms with Gasteiger partial charge in [-0.15, -0.1) is 5.10 Å². The van der Waals surface area contributed by atoms with Crippen LogP contribution in [0.25, 0.3) is 33.9 Å². The van der Waals surface area contributed by atoms with E-state index in [4.69, 9.17) is 9.72 Å². The van der Waals surface area contributed by atoms with Gasteiger partial charge in [-0.05, 0) is 38.1 Å². The molecule has 0 aliphatic carbocycles. The first kappa shape index (κ1) is 16.4. The van der Waals surface area contributed by atoms with Gasteiger partial charge in [-0.25, -0.2) is 14.5 Å². The molecule has 0 saturated carbocycles. The fourth-order valence-corrected chi connectivity index (χ4v) is 3.32. The van der Waals surface area contributed by atoms with Crippen molar-refractivity contribution in [3.05, 3.63) is 66.4 Å². The van der Waals surface area contributed by atoms with E-state index in [0.29, 0.717) is 5.82 Å². The Morgan fingerprint density at radius 2 is 1.89 bits per heavy atom. The Labute approximate surface area is 161 Å². The number of nitrogens with zero attached hydrogens (tertiary/aromatic N) is 6. The summed E-state index contributed by atoms with van der Waals surface area (Å²) in [6.45, 7) is 3.90. The number of hydrogen-bond donors (Lipinski definition) is 0. The van der Waals surface area contributed by atoms with Gasteiger partial charge < -0.3 is 9.14 Å². The minimum atomic E-state index is 0.656. The Hall–Kier alpha value is -3.74. The average molecular weight is 370 g/mol. The fourth-order valence-electron chi connectivity index (χ4n) is 3.32. The number of pyridine rings is 1. The van der Waals surface area contributed by atoms with Crippen LogP contribution in [0.1, 0.15) is 11.4 Å². The number of para-hydroxylation sites is 1. The molecule has 0 fully saturated rings. The van der Waals surface area contributed by atoms with Crippen LogP contribution < -0.4 is 4.74 Å². The third kappa shape index (κ3) is 2.51. The summed E-state index contributed by atoms with van der Waals surface area (Å²) >= 11 is 0. The predicted octanol–water partition coefficient (Wildman–Crippen LogP) is 3.73. The molecule has 0 spiro atoms. The van der Waals surface area contributed by atoms with Crippen LogP contribution in [-0.2, 0) is 0 Å². The lowest BCUT2D eigenvalue weighted by atomic mass is 10.1. The Morgan fingerprint density at radius 1 is 1.04 bits per heavy atom. The zero-order valence-corrected chi connectivity index (χ0v) is 15.8. The van der Waals surface area contributed by atoms with Gasteiger partial charge in [0, 0.05) is 29.7 Å². The number of methoxy groups -OCH3 is 1. The number of imidazole rings is 1. The Balaban J connectivity index is 1.63. The van der Waals surface area contributed by atoms with Crippen molar-refractivity contribution in [3.8, 4) is 28.4 Å². The van der Waals surface area contributed by atoms with Crippen LogP contribution in [0, 0.1) is 13.8 Å². The minimum Gasteiger partial charge on any atom is -0.496 e. The van der Waals surface area contributed by atoms with Crippen LogP contribution in [0.5, 0.6) is 5.75 Å². The standard InChI is InChI=1S/C21H18N6O/c1-13-11-22-14(2)21-24-20(25-27(13)21)15-8-9-26-12-17(23-19(26)10-15)16-6-4-5-7-18(16)28-3/h4-12H,1-3H3. The van der Waals surface area contributed by atoms with E-state index in [2.05, 4.69) is 15.1 Å². The molecule has 0 atom stereocenters. The van der Waals surface area contributed by atoms with Crippen LogP contribution in [0.15, 0.2) is 55.0 Å². The van der Waals surface area contributed by atoms with E-state index >= 15 is 0 Å². The molecule has 4 aromatic heterocycles. The predicted molar refractivity (Wildman–Crippen MR) is 106 cm³/mol. The molecule has 0 N–H and O–H groups in total. The molecule has 0 aliphatic heterocycles. The molecule has 28 heavy (non-hydrogen) atoms. The fraction of sp³-hybridized carbons (Fsp3) is 0.143. The van der Waals surface area contributed by atoms with Crippen molar-refractivity contribution in [2.75, 3.05) is 7.11 Å². The highest BCUT2D eigenvalue weighted by atomic mass is 16.5. The van der Waals surface area contributed by atoms with E-state index in [1.807, 2.05) is 71.6 Å². The molecule has 5 rings (SSSR count). The second-order valence-corrected chi connectivity index (χ2v) is 6.66. The first-order valence-electron chi connectivity index (χ1n) is 8.95. The molecule has 0 bridgehead atoms. The maximum absolute atomic E-state index is 5.47. The maximum Gasteiger partial charge on any atom is 0.182 e. The first-order chi connectivity index (χ1) is 13.6. The number of fused-ring (bicyclic) bond motifs is 2. The molecule has 0 saturated heterocycles. The second-order valence-electron chi connectivity index (χ2n) is 6.66. The van der Waals surface area contributed by atoms with E-state index < -0.39 is 0 Å². The van der Waals surface area contributed by atoms with Gasteiger partial charge in [0.05, 0.1) is 24.2 Å². The van der Waals surface area contributed by atoms with Crippen molar-refractivity contribution in [1.29, 1.82) is 0 Å². The van der Waals surface area contributed by atoms with Crippen molar-refractivity contribution in [3.63, 3.8) is 0 Å².